The van der Waals surface area contributed by atoms with Gasteiger partial charge in [0, 0.05) is 18.2 Å². The van der Waals surface area contributed by atoms with Gasteiger partial charge in [-0.3, -0.25) is 14.6 Å². The predicted molar refractivity (Wildman–Crippen MR) is 71.7 cm³/mol. The zero-order chi connectivity index (χ0) is 14.5. The minimum absolute atomic E-state index is 0.144. The Balaban J connectivity index is 2.62. The Morgan fingerprint density at radius 3 is 2.53 bits per heavy atom. The highest BCUT2D eigenvalue weighted by molar-refractivity contribution is 5.79. The third kappa shape index (κ3) is 5.50. The van der Waals surface area contributed by atoms with Gasteiger partial charge in [0.2, 0.25) is 5.91 Å². The number of aromatic nitrogens is 1. The number of carbonyl (C=O) groups is 2. The number of carbonyl (C=O) groups excluding carboxylic acids is 1. The van der Waals surface area contributed by atoms with E-state index in [0.717, 1.165) is 0 Å². The minimum Gasteiger partial charge on any atom is -0.481 e. The molecule has 0 spiro atoms. The monoisotopic (exact) mass is 264 g/mol. The molecule has 1 atom stereocenters. The normalized spacial score (nSPS) is 12.8. The molecule has 0 aliphatic rings. The van der Waals surface area contributed by atoms with Crippen molar-refractivity contribution in [3.63, 3.8) is 0 Å². The number of hydrogen-bond donors (Lipinski definition) is 2. The highest BCUT2D eigenvalue weighted by Gasteiger charge is 2.23. The van der Waals surface area contributed by atoms with Crippen LogP contribution in [0.5, 0.6) is 0 Å². The molecule has 0 saturated heterocycles. The molecule has 0 bridgehead atoms. The molecule has 0 aliphatic carbocycles. The molecule has 0 fully saturated rings. The van der Waals surface area contributed by atoms with Gasteiger partial charge >= 0.3 is 5.97 Å². The van der Waals surface area contributed by atoms with Crippen molar-refractivity contribution in [1.82, 2.24) is 10.3 Å². The highest BCUT2D eigenvalue weighted by atomic mass is 16.4. The molecular formula is C14H20N2O3. The summed E-state index contributed by atoms with van der Waals surface area (Å²) in [4.78, 5) is 27.0. The summed E-state index contributed by atoms with van der Waals surface area (Å²) in [5.41, 5.74) is 0.180. The zero-order valence-corrected chi connectivity index (χ0v) is 11.5. The Labute approximate surface area is 113 Å². The third-order valence-electron chi connectivity index (χ3n) is 2.52. The molecule has 1 unspecified atom stereocenters. The van der Waals surface area contributed by atoms with Gasteiger partial charge in [-0.1, -0.05) is 6.07 Å². The molecular weight excluding hydrogens is 244 g/mol. The van der Waals surface area contributed by atoms with E-state index < -0.39 is 11.9 Å². The van der Waals surface area contributed by atoms with E-state index in [4.69, 9.17) is 0 Å². The molecule has 1 rings (SSSR count). The van der Waals surface area contributed by atoms with Crippen molar-refractivity contribution in [2.45, 2.75) is 45.1 Å². The fourth-order valence-electron chi connectivity index (χ4n) is 1.74. The summed E-state index contributed by atoms with van der Waals surface area (Å²) < 4.78 is 0. The fraction of sp³-hybridized carbons (Fsp3) is 0.500. The first-order valence-corrected chi connectivity index (χ1v) is 6.24. The van der Waals surface area contributed by atoms with Gasteiger partial charge in [0.05, 0.1) is 11.6 Å². The summed E-state index contributed by atoms with van der Waals surface area (Å²) in [5, 5.41) is 12.0. The second-order valence-electron chi connectivity index (χ2n) is 5.48. The van der Waals surface area contributed by atoms with E-state index >= 15 is 0 Å². The van der Waals surface area contributed by atoms with Gasteiger partial charge in [-0.25, -0.2) is 0 Å². The number of pyridine rings is 1. The smallest absolute Gasteiger partial charge is 0.312 e. The van der Waals surface area contributed by atoms with Gasteiger partial charge in [0.1, 0.15) is 0 Å². The maximum atomic E-state index is 11.7. The Morgan fingerprint density at radius 2 is 2.05 bits per heavy atom. The van der Waals surface area contributed by atoms with Gasteiger partial charge in [0.25, 0.3) is 0 Å². The van der Waals surface area contributed by atoms with Gasteiger partial charge in [-0.05, 0) is 39.3 Å². The second kappa shape index (κ2) is 6.31. The van der Waals surface area contributed by atoms with Crippen molar-refractivity contribution in [2.24, 2.45) is 0 Å². The van der Waals surface area contributed by atoms with Crippen molar-refractivity contribution < 1.29 is 14.7 Å². The summed E-state index contributed by atoms with van der Waals surface area (Å²) >= 11 is 0. The van der Waals surface area contributed by atoms with Crippen LogP contribution in [0.4, 0.5) is 0 Å². The predicted octanol–water partition coefficient (Wildman–Crippen LogP) is 1.94. The Bertz CT molecular complexity index is 438. The van der Waals surface area contributed by atoms with Crippen molar-refractivity contribution in [3.05, 3.63) is 30.1 Å². The van der Waals surface area contributed by atoms with Crippen LogP contribution in [0.2, 0.25) is 0 Å². The first kappa shape index (κ1) is 15.1. The largest absolute Gasteiger partial charge is 0.481 e. The van der Waals surface area contributed by atoms with Crippen LogP contribution in [0.25, 0.3) is 0 Å². The maximum absolute atomic E-state index is 11.7. The van der Waals surface area contributed by atoms with Crippen molar-refractivity contribution in [1.29, 1.82) is 0 Å². The van der Waals surface area contributed by atoms with Crippen LogP contribution in [0.1, 0.15) is 45.2 Å². The van der Waals surface area contributed by atoms with Crippen LogP contribution in [-0.2, 0) is 9.59 Å². The molecule has 1 amide bonds. The van der Waals surface area contributed by atoms with E-state index in [9.17, 15) is 14.7 Å². The van der Waals surface area contributed by atoms with E-state index in [0.29, 0.717) is 5.69 Å². The topological polar surface area (TPSA) is 79.3 Å². The second-order valence-corrected chi connectivity index (χ2v) is 5.48. The number of hydrogen-bond acceptors (Lipinski definition) is 3. The van der Waals surface area contributed by atoms with E-state index in [-0.39, 0.29) is 24.3 Å². The molecule has 0 aromatic carbocycles. The van der Waals surface area contributed by atoms with E-state index in [1.165, 1.54) is 0 Å². The Hall–Kier alpha value is -1.91. The van der Waals surface area contributed by atoms with Crippen LogP contribution < -0.4 is 5.32 Å². The van der Waals surface area contributed by atoms with Gasteiger partial charge in [-0.2, -0.15) is 0 Å². The Morgan fingerprint density at radius 1 is 1.37 bits per heavy atom. The number of aliphatic carboxylic acids is 1. The van der Waals surface area contributed by atoms with Gasteiger partial charge in [0.15, 0.2) is 0 Å². The van der Waals surface area contributed by atoms with E-state index in [1.54, 1.807) is 24.4 Å². The molecule has 1 aromatic heterocycles. The molecule has 0 aliphatic heterocycles. The number of nitrogens with one attached hydrogen (secondary N) is 1. The highest BCUT2D eigenvalue weighted by Crippen LogP contribution is 2.19. The van der Waals surface area contributed by atoms with Crippen LogP contribution in [0.15, 0.2) is 24.4 Å². The molecule has 5 heteroatoms. The molecule has 0 saturated carbocycles. The van der Waals surface area contributed by atoms with Gasteiger partial charge in [-0.15, -0.1) is 0 Å². The first-order valence-electron chi connectivity index (χ1n) is 6.24. The number of amides is 1. The summed E-state index contributed by atoms with van der Waals surface area (Å²) in [7, 11) is 0. The van der Waals surface area contributed by atoms with E-state index in [1.807, 2.05) is 20.8 Å². The SMILES string of the molecule is CC(C)(C)NC(=O)CCC(C(=O)O)c1ccccn1. The third-order valence-corrected chi connectivity index (χ3v) is 2.52. The Kier molecular flexibility index (Phi) is 5.03. The summed E-state index contributed by atoms with van der Waals surface area (Å²) in [5.74, 6) is -1.84. The molecule has 5 nitrogen and oxygen atoms in total. The van der Waals surface area contributed by atoms with Crippen molar-refractivity contribution in [2.75, 3.05) is 0 Å². The maximum Gasteiger partial charge on any atom is 0.312 e. The zero-order valence-electron chi connectivity index (χ0n) is 11.5. The molecule has 2 N–H and O–H groups in total. The number of carboxylic acids is 1. The summed E-state index contributed by atoms with van der Waals surface area (Å²) in [6, 6.07) is 5.14. The van der Waals surface area contributed by atoms with Crippen molar-refractivity contribution >= 4 is 11.9 Å². The first-order chi connectivity index (χ1) is 8.79. The lowest BCUT2D eigenvalue weighted by Gasteiger charge is -2.21. The quantitative estimate of drug-likeness (QED) is 0.851. The molecule has 0 radical (unpaired) electrons. The summed E-state index contributed by atoms with van der Waals surface area (Å²) in [6.45, 7) is 5.66. The minimum atomic E-state index is -0.956. The molecule has 104 valence electrons. The van der Waals surface area contributed by atoms with Gasteiger partial charge < -0.3 is 10.4 Å². The fourth-order valence-corrected chi connectivity index (χ4v) is 1.74. The van der Waals surface area contributed by atoms with Crippen LogP contribution in [-0.4, -0.2) is 27.5 Å². The molecule has 1 aromatic rings. The average molecular weight is 264 g/mol. The lowest BCUT2D eigenvalue weighted by Crippen LogP contribution is -2.40. The van der Waals surface area contributed by atoms with Crippen molar-refractivity contribution in [3.8, 4) is 0 Å². The van der Waals surface area contributed by atoms with Crippen LogP contribution in [0, 0.1) is 0 Å². The van der Waals surface area contributed by atoms with Crippen LogP contribution in [0.3, 0.4) is 0 Å². The number of carboxylic acid groups (broad SMARTS) is 1. The molecule has 1 heterocycles. The van der Waals surface area contributed by atoms with E-state index in [2.05, 4.69) is 10.3 Å². The number of rotatable bonds is 5. The summed E-state index contributed by atoms with van der Waals surface area (Å²) in [6.07, 6.45) is 1.97. The lowest BCUT2D eigenvalue weighted by atomic mass is 9.98. The standard InChI is InChI=1S/C14H20N2O3/c1-14(2,3)16-12(17)8-7-10(13(18)19)11-6-4-5-9-15-11/h4-6,9-10H,7-8H2,1-3H3,(H,16,17)(H,18,19). The average Bonchev–Trinajstić information content (AvgIpc) is 2.27. The lowest BCUT2D eigenvalue weighted by molar-refractivity contribution is -0.139. The molecule has 19 heavy (non-hydrogen) atoms. The van der Waals surface area contributed by atoms with Crippen LogP contribution >= 0.6 is 0 Å². The number of nitrogens with zero attached hydrogens (tertiary/aromatic N) is 1.